The Hall–Kier alpha value is -0.130. The van der Waals surface area contributed by atoms with Crippen LogP contribution in [0.4, 0.5) is 0 Å². The van der Waals surface area contributed by atoms with E-state index in [1.54, 1.807) is 0 Å². The molecular weight excluding hydrogens is 200 g/mol. The molecule has 2 unspecified atom stereocenters. The number of rotatable bonds is 3. The molecule has 1 aliphatic heterocycles. The zero-order chi connectivity index (χ0) is 10.8. The van der Waals surface area contributed by atoms with Gasteiger partial charge in [0.05, 0.1) is 5.75 Å². The van der Waals surface area contributed by atoms with E-state index in [-0.39, 0.29) is 5.75 Å². The molecule has 0 radical (unpaired) electrons. The molecule has 0 saturated carbocycles. The largest absolute Gasteiger partial charge is 0.311 e. The average molecular weight is 220 g/mol. The lowest BCUT2D eigenvalue weighted by atomic mass is 10.1. The Morgan fingerprint density at radius 1 is 1.43 bits per heavy atom. The smallest absolute Gasteiger partial charge is 0.148 e. The molecule has 84 valence electrons. The van der Waals surface area contributed by atoms with Gasteiger partial charge >= 0.3 is 0 Å². The summed E-state index contributed by atoms with van der Waals surface area (Å²) in [6, 6.07) is 0.902. The Morgan fingerprint density at radius 2 is 2.07 bits per heavy atom. The second-order valence-corrected chi connectivity index (χ2v) is 6.54. The lowest BCUT2D eigenvalue weighted by Gasteiger charge is -2.37. The van der Waals surface area contributed by atoms with Gasteiger partial charge in [-0.1, -0.05) is 0 Å². The second-order valence-electron chi connectivity index (χ2n) is 4.28. The van der Waals surface area contributed by atoms with E-state index in [1.807, 2.05) is 0 Å². The standard InChI is InChI=1S/C9H20N2O2S/c1-8-7-11(9(2)6-10-8)4-5-14(3,12)13/h8-10H,4-7H2,1-3H3. The normalized spacial score (nSPS) is 30.5. The summed E-state index contributed by atoms with van der Waals surface area (Å²) in [4.78, 5) is 2.24. The minimum absolute atomic E-state index is 0.268. The van der Waals surface area contributed by atoms with Crippen molar-refractivity contribution in [3.63, 3.8) is 0 Å². The lowest BCUT2D eigenvalue weighted by Crippen LogP contribution is -2.55. The van der Waals surface area contributed by atoms with Crippen molar-refractivity contribution in [2.75, 3.05) is 31.6 Å². The van der Waals surface area contributed by atoms with Gasteiger partial charge in [0.2, 0.25) is 0 Å². The molecule has 0 amide bonds. The summed E-state index contributed by atoms with van der Waals surface area (Å²) in [7, 11) is -2.83. The van der Waals surface area contributed by atoms with Crippen LogP contribution in [-0.2, 0) is 9.84 Å². The fraction of sp³-hybridized carbons (Fsp3) is 1.00. The number of nitrogens with one attached hydrogen (secondary N) is 1. The quantitative estimate of drug-likeness (QED) is 0.710. The molecule has 1 N–H and O–H groups in total. The van der Waals surface area contributed by atoms with Gasteiger partial charge in [0.1, 0.15) is 9.84 Å². The molecule has 1 saturated heterocycles. The molecule has 2 atom stereocenters. The van der Waals surface area contributed by atoms with Crippen molar-refractivity contribution in [3.05, 3.63) is 0 Å². The maximum atomic E-state index is 11.0. The predicted molar refractivity (Wildman–Crippen MR) is 58.2 cm³/mol. The summed E-state index contributed by atoms with van der Waals surface area (Å²) < 4.78 is 22.0. The van der Waals surface area contributed by atoms with E-state index in [1.165, 1.54) is 6.26 Å². The van der Waals surface area contributed by atoms with Crippen molar-refractivity contribution < 1.29 is 8.42 Å². The van der Waals surface area contributed by atoms with E-state index in [0.29, 0.717) is 18.6 Å². The minimum Gasteiger partial charge on any atom is -0.311 e. The van der Waals surface area contributed by atoms with Crippen LogP contribution in [0, 0.1) is 0 Å². The highest BCUT2D eigenvalue weighted by Gasteiger charge is 2.22. The first-order valence-corrected chi connectivity index (χ1v) is 7.09. The van der Waals surface area contributed by atoms with Crippen molar-refractivity contribution >= 4 is 9.84 Å². The fourth-order valence-electron chi connectivity index (χ4n) is 1.69. The van der Waals surface area contributed by atoms with E-state index < -0.39 is 9.84 Å². The van der Waals surface area contributed by atoms with E-state index in [0.717, 1.165) is 13.1 Å². The average Bonchev–Trinajstić information content (AvgIpc) is 2.05. The Bertz CT molecular complexity index is 277. The Balaban J connectivity index is 2.42. The monoisotopic (exact) mass is 220 g/mol. The van der Waals surface area contributed by atoms with Gasteiger partial charge in [0.15, 0.2) is 0 Å². The van der Waals surface area contributed by atoms with Gasteiger partial charge in [0.25, 0.3) is 0 Å². The summed E-state index contributed by atoms with van der Waals surface area (Å²) in [5.41, 5.74) is 0. The van der Waals surface area contributed by atoms with Crippen LogP contribution in [0.1, 0.15) is 13.8 Å². The van der Waals surface area contributed by atoms with E-state index in [2.05, 4.69) is 24.1 Å². The molecular formula is C9H20N2O2S. The minimum atomic E-state index is -2.83. The summed E-state index contributed by atoms with van der Waals surface area (Å²) in [6.07, 6.45) is 1.29. The van der Waals surface area contributed by atoms with Gasteiger partial charge in [-0.3, -0.25) is 4.90 Å². The van der Waals surface area contributed by atoms with Crippen LogP contribution < -0.4 is 5.32 Å². The summed E-state index contributed by atoms with van der Waals surface area (Å²) in [6.45, 7) is 6.80. The third-order valence-corrected chi connectivity index (χ3v) is 3.57. The van der Waals surface area contributed by atoms with Crippen LogP contribution in [0.15, 0.2) is 0 Å². The highest BCUT2D eigenvalue weighted by Crippen LogP contribution is 2.06. The molecule has 0 spiro atoms. The van der Waals surface area contributed by atoms with E-state index in [9.17, 15) is 8.42 Å². The van der Waals surface area contributed by atoms with Crippen LogP contribution in [0.3, 0.4) is 0 Å². The van der Waals surface area contributed by atoms with Crippen LogP contribution in [-0.4, -0.2) is 57.0 Å². The number of piperazine rings is 1. The van der Waals surface area contributed by atoms with Crippen LogP contribution in [0.5, 0.6) is 0 Å². The first kappa shape index (κ1) is 11.9. The summed E-state index contributed by atoms with van der Waals surface area (Å²) in [5, 5.41) is 3.37. The molecule has 1 fully saturated rings. The van der Waals surface area contributed by atoms with Gasteiger partial charge in [0, 0.05) is 38.0 Å². The van der Waals surface area contributed by atoms with Crippen LogP contribution in [0.2, 0.25) is 0 Å². The van der Waals surface area contributed by atoms with Crippen molar-refractivity contribution in [1.29, 1.82) is 0 Å². The van der Waals surface area contributed by atoms with Crippen molar-refractivity contribution in [2.24, 2.45) is 0 Å². The molecule has 1 rings (SSSR count). The molecule has 1 aliphatic rings. The topological polar surface area (TPSA) is 49.4 Å². The van der Waals surface area contributed by atoms with E-state index in [4.69, 9.17) is 0 Å². The van der Waals surface area contributed by atoms with Gasteiger partial charge in [-0.15, -0.1) is 0 Å². The zero-order valence-electron chi connectivity index (χ0n) is 9.16. The first-order valence-electron chi connectivity index (χ1n) is 5.03. The predicted octanol–water partition coefficient (Wildman–Crippen LogP) is -0.287. The second kappa shape index (κ2) is 4.59. The Morgan fingerprint density at radius 3 is 2.64 bits per heavy atom. The highest BCUT2D eigenvalue weighted by molar-refractivity contribution is 7.90. The molecule has 0 aromatic carbocycles. The maximum Gasteiger partial charge on any atom is 0.148 e. The number of hydrogen-bond donors (Lipinski definition) is 1. The van der Waals surface area contributed by atoms with Gasteiger partial charge < -0.3 is 5.32 Å². The molecule has 0 aliphatic carbocycles. The first-order chi connectivity index (χ1) is 6.38. The van der Waals surface area contributed by atoms with Gasteiger partial charge in [-0.2, -0.15) is 0 Å². The zero-order valence-corrected chi connectivity index (χ0v) is 9.97. The van der Waals surface area contributed by atoms with E-state index >= 15 is 0 Å². The highest BCUT2D eigenvalue weighted by atomic mass is 32.2. The van der Waals surface area contributed by atoms with Crippen molar-refractivity contribution in [2.45, 2.75) is 25.9 Å². The SMILES string of the molecule is CC1CN(CCS(C)(=O)=O)C(C)CN1. The molecule has 0 aromatic heterocycles. The fourth-order valence-corrected chi connectivity index (χ4v) is 2.26. The summed E-state index contributed by atoms with van der Waals surface area (Å²) in [5.74, 6) is 0.268. The molecule has 4 nitrogen and oxygen atoms in total. The number of sulfone groups is 1. The van der Waals surface area contributed by atoms with Gasteiger partial charge in [-0.25, -0.2) is 8.42 Å². The number of hydrogen-bond acceptors (Lipinski definition) is 4. The molecule has 1 heterocycles. The Kier molecular flexibility index (Phi) is 3.92. The lowest BCUT2D eigenvalue weighted by molar-refractivity contribution is 0.155. The molecule has 5 heteroatoms. The maximum absolute atomic E-state index is 11.0. The van der Waals surface area contributed by atoms with Crippen molar-refractivity contribution in [1.82, 2.24) is 10.2 Å². The molecule has 0 bridgehead atoms. The van der Waals surface area contributed by atoms with Gasteiger partial charge in [-0.05, 0) is 13.8 Å². The Labute approximate surface area is 86.6 Å². The third-order valence-electron chi connectivity index (χ3n) is 2.64. The molecule has 14 heavy (non-hydrogen) atoms. The summed E-state index contributed by atoms with van der Waals surface area (Å²) >= 11 is 0. The van der Waals surface area contributed by atoms with Crippen LogP contribution in [0.25, 0.3) is 0 Å². The van der Waals surface area contributed by atoms with Crippen molar-refractivity contribution in [3.8, 4) is 0 Å². The third kappa shape index (κ3) is 3.94. The number of nitrogens with zero attached hydrogens (tertiary/aromatic N) is 1. The van der Waals surface area contributed by atoms with Crippen LogP contribution >= 0.6 is 0 Å². The molecule has 0 aromatic rings.